The van der Waals surface area contributed by atoms with Crippen molar-refractivity contribution in [2.75, 3.05) is 30.9 Å². The zero-order valence-electron chi connectivity index (χ0n) is 20.0. The first-order valence-electron chi connectivity index (χ1n) is 11.5. The summed E-state index contributed by atoms with van der Waals surface area (Å²) in [5.74, 6) is -2.08. The van der Waals surface area contributed by atoms with Gasteiger partial charge in [-0.1, -0.05) is 0 Å². The molecule has 0 unspecified atom stereocenters. The Labute approximate surface area is 212 Å². The number of aromatic nitrogens is 4. The lowest BCUT2D eigenvalue weighted by atomic mass is 10.0. The van der Waals surface area contributed by atoms with Crippen molar-refractivity contribution in [2.24, 2.45) is 0 Å². The van der Waals surface area contributed by atoms with Gasteiger partial charge in [-0.05, 0) is 42.3 Å². The zero-order chi connectivity index (χ0) is 27.2. The molecule has 3 heterocycles. The van der Waals surface area contributed by atoms with E-state index in [0.29, 0.717) is 42.4 Å². The number of fused-ring (bicyclic) bond motifs is 2. The first-order valence-corrected chi connectivity index (χ1v) is 11.5. The van der Waals surface area contributed by atoms with E-state index in [2.05, 4.69) is 15.1 Å². The van der Waals surface area contributed by atoms with E-state index in [1.165, 1.54) is 35.2 Å². The fraction of sp³-hybridized carbons (Fsp3) is 0.280. The fourth-order valence-electron chi connectivity index (χ4n) is 4.59. The van der Waals surface area contributed by atoms with Crippen molar-refractivity contribution in [2.45, 2.75) is 25.6 Å². The quantitative estimate of drug-likeness (QED) is 0.375. The van der Waals surface area contributed by atoms with Crippen LogP contribution in [0.2, 0.25) is 0 Å². The molecule has 2 aromatic heterocycles. The number of methoxy groups -OCH3 is 1. The number of rotatable bonds is 6. The standard InChI is InChI=1S/C25H21F5N6O2/c1-38-9-8-36-24-20(23(31)32-12-33-24)22(34-36)16-3-5-18-15(21(16)27)6-7-35(18)19(37)11-13-10-14(25(28,29)30)2-4-17(13)26/h2-5,10,12H,6-9,11H2,1H3,(H2,31,32,33). The minimum atomic E-state index is -4.68. The topological polar surface area (TPSA) is 99.2 Å². The van der Waals surface area contributed by atoms with Crippen LogP contribution in [0.1, 0.15) is 16.7 Å². The number of ether oxygens (including phenoxy) is 1. The Bertz CT molecular complexity index is 1550. The largest absolute Gasteiger partial charge is 0.416 e. The minimum Gasteiger partial charge on any atom is -0.383 e. The molecule has 198 valence electrons. The van der Waals surface area contributed by atoms with Gasteiger partial charge in [-0.15, -0.1) is 0 Å². The van der Waals surface area contributed by atoms with Gasteiger partial charge in [0.2, 0.25) is 5.91 Å². The highest BCUT2D eigenvalue weighted by Crippen LogP contribution is 2.39. The average Bonchev–Trinajstić information content (AvgIpc) is 3.47. The van der Waals surface area contributed by atoms with Crippen LogP contribution >= 0.6 is 0 Å². The molecule has 38 heavy (non-hydrogen) atoms. The highest BCUT2D eigenvalue weighted by atomic mass is 19.4. The molecule has 1 amide bonds. The summed E-state index contributed by atoms with van der Waals surface area (Å²) in [4.78, 5) is 22.4. The van der Waals surface area contributed by atoms with E-state index < -0.39 is 35.7 Å². The van der Waals surface area contributed by atoms with Crippen molar-refractivity contribution >= 4 is 28.4 Å². The summed E-state index contributed by atoms with van der Waals surface area (Å²) in [6, 6.07) is 4.89. The summed E-state index contributed by atoms with van der Waals surface area (Å²) < 4.78 is 75.8. The van der Waals surface area contributed by atoms with Gasteiger partial charge >= 0.3 is 6.18 Å². The summed E-state index contributed by atoms with van der Waals surface area (Å²) in [5, 5.41) is 4.86. The molecule has 0 fully saturated rings. The number of nitrogens with zero attached hydrogens (tertiary/aromatic N) is 5. The van der Waals surface area contributed by atoms with Gasteiger partial charge in [-0.2, -0.15) is 18.3 Å². The first kappa shape index (κ1) is 25.5. The van der Waals surface area contributed by atoms with Crippen molar-refractivity contribution < 1.29 is 31.5 Å². The Hall–Kier alpha value is -4.13. The lowest BCUT2D eigenvalue weighted by molar-refractivity contribution is -0.137. The van der Waals surface area contributed by atoms with Crippen molar-refractivity contribution in [1.82, 2.24) is 19.7 Å². The van der Waals surface area contributed by atoms with Crippen LogP contribution in [0.5, 0.6) is 0 Å². The molecule has 0 saturated carbocycles. The van der Waals surface area contributed by atoms with E-state index in [0.717, 1.165) is 0 Å². The third-order valence-electron chi connectivity index (χ3n) is 6.43. The van der Waals surface area contributed by atoms with Crippen LogP contribution in [0.3, 0.4) is 0 Å². The molecule has 2 N–H and O–H groups in total. The number of alkyl halides is 3. The smallest absolute Gasteiger partial charge is 0.383 e. The SMILES string of the molecule is COCCn1nc(-c2ccc3c(c2F)CCN3C(=O)Cc2cc(C(F)(F)F)ccc2F)c2c(N)ncnc21. The highest BCUT2D eigenvalue weighted by Gasteiger charge is 2.33. The number of carbonyl (C=O) groups excluding carboxylic acids is 1. The molecule has 2 aromatic carbocycles. The summed E-state index contributed by atoms with van der Waals surface area (Å²) in [5.41, 5.74) is 5.88. The second-order valence-corrected chi connectivity index (χ2v) is 8.72. The van der Waals surface area contributed by atoms with E-state index in [1.54, 1.807) is 0 Å². The van der Waals surface area contributed by atoms with Gasteiger partial charge in [-0.25, -0.2) is 23.4 Å². The van der Waals surface area contributed by atoms with Gasteiger partial charge in [0.1, 0.15) is 29.5 Å². The van der Waals surface area contributed by atoms with Gasteiger partial charge in [0, 0.05) is 30.5 Å². The van der Waals surface area contributed by atoms with Crippen LogP contribution < -0.4 is 10.6 Å². The van der Waals surface area contributed by atoms with Crippen LogP contribution in [-0.2, 0) is 35.1 Å². The van der Waals surface area contributed by atoms with Gasteiger partial charge in [-0.3, -0.25) is 4.79 Å². The molecule has 5 rings (SSSR count). The number of hydrogen-bond acceptors (Lipinski definition) is 6. The third kappa shape index (κ3) is 4.42. The molecular formula is C25H21F5N6O2. The van der Waals surface area contributed by atoms with Crippen LogP contribution in [0.25, 0.3) is 22.3 Å². The number of halogens is 5. The summed E-state index contributed by atoms with van der Waals surface area (Å²) in [6.07, 6.45) is -3.86. The predicted octanol–water partition coefficient (Wildman–Crippen LogP) is 4.15. The van der Waals surface area contributed by atoms with Crippen molar-refractivity contribution in [3.05, 3.63) is 65.0 Å². The van der Waals surface area contributed by atoms with E-state index in [-0.39, 0.29) is 46.9 Å². The zero-order valence-corrected chi connectivity index (χ0v) is 20.0. The molecule has 13 heteroatoms. The summed E-state index contributed by atoms with van der Waals surface area (Å²) >= 11 is 0. The van der Waals surface area contributed by atoms with E-state index in [4.69, 9.17) is 10.5 Å². The lowest BCUT2D eigenvalue weighted by Gasteiger charge is -2.18. The van der Waals surface area contributed by atoms with Crippen molar-refractivity contribution in [1.29, 1.82) is 0 Å². The maximum atomic E-state index is 15.8. The van der Waals surface area contributed by atoms with Crippen LogP contribution in [0.15, 0.2) is 36.7 Å². The number of anilines is 2. The molecular weight excluding hydrogens is 511 g/mol. The second-order valence-electron chi connectivity index (χ2n) is 8.72. The number of benzene rings is 2. The monoisotopic (exact) mass is 532 g/mol. The molecule has 0 saturated heterocycles. The maximum absolute atomic E-state index is 15.8. The number of nitrogens with two attached hydrogens (primary N) is 1. The highest BCUT2D eigenvalue weighted by molar-refractivity contribution is 6.00. The van der Waals surface area contributed by atoms with Crippen molar-refractivity contribution in [3.63, 3.8) is 0 Å². The Kier molecular flexibility index (Phi) is 6.47. The number of nitrogen functional groups attached to an aromatic ring is 1. The van der Waals surface area contributed by atoms with Crippen LogP contribution in [0.4, 0.5) is 33.5 Å². The van der Waals surface area contributed by atoms with E-state index in [9.17, 15) is 22.4 Å². The predicted molar refractivity (Wildman–Crippen MR) is 128 cm³/mol. The van der Waals surface area contributed by atoms with Gasteiger partial charge in [0.25, 0.3) is 0 Å². The minimum absolute atomic E-state index is 0.0867. The molecule has 1 aliphatic rings. The normalized spacial score (nSPS) is 13.4. The Balaban J connectivity index is 1.48. The van der Waals surface area contributed by atoms with Gasteiger partial charge in [0.05, 0.1) is 30.5 Å². The summed E-state index contributed by atoms with van der Waals surface area (Å²) in [7, 11) is 1.53. The Morgan fingerprint density at radius 3 is 2.68 bits per heavy atom. The van der Waals surface area contributed by atoms with Crippen molar-refractivity contribution in [3.8, 4) is 11.3 Å². The Morgan fingerprint density at radius 1 is 1.16 bits per heavy atom. The molecule has 0 aliphatic carbocycles. The molecule has 1 aliphatic heterocycles. The number of hydrogen-bond donors (Lipinski definition) is 1. The number of amides is 1. The van der Waals surface area contributed by atoms with Crippen LogP contribution in [-0.4, -0.2) is 45.9 Å². The fourth-order valence-corrected chi connectivity index (χ4v) is 4.59. The van der Waals surface area contributed by atoms with Gasteiger partial charge in [0.15, 0.2) is 5.65 Å². The Morgan fingerprint density at radius 2 is 1.95 bits per heavy atom. The second kappa shape index (κ2) is 9.63. The number of carbonyl (C=O) groups is 1. The van der Waals surface area contributed by atoms with E-state index in [1.807, 2.05) is 0 Å². The molecule has 0 atom stereocenters. The summed E-state index contributed by atoms with van der Waals surface area (Å²) in [6.45, 7) is 0.754. The maximum Gasteiger partial charge on any atom is 0.416 e. The van der Waals surface area contributed by atoms with E-state index >= 15 is 4.39 Å². The van der Waals surface area contributed by atoms with Gasteiger partial charge < -0.3 is 15.4 Å². The lowest BCUT2D eigenvalue weighted by Crippen LogP contribution is -2.30. The molecule has 4 aromatic rings. The molecule has 0 radical (unpaired) electrons. The molecule has 8 nitrogen and oxygen atoms in total. The van der Waals surface area contributed by atoms with Crippen LogP contribution in [0, 0.1) is 11.6 Å². The average molecular weight is 532 g/mol. The third-order valence-corrected chi connectivity index (χ3v) is 6.43. The first-order chi connectivity index (χ1) is 18.1. The molecule has 0 spiro atoms. The molecule has 0 bridgehead atoms.